The van der Waals surface area contributed by atoms with Crippen LogP contribution >= 0.6 is 0 Å². The van der Waals surface area contributed by atoms with Gasteiger partial charge < -0.3 is 14.0 Å². The van der Waals surface area contributed by atoms with Gasteiger partial charge in [0.2, 0.25) is 0 Å². The molecule has 0 N–H and O–H groups in total. The third-order valence-corrected chi connectivity index (χ3v) is 2.57. The molecule has 1 aromatic heterocycles. The number of rotatable bonds is 5. The molecule has 0 atom stereocenters. The van der Waals surface area contributed by atoms with Crippen molar-refractivity contribution in [3.05, 3.63) is 42.5 Å². The predicted molar refractivity (Wildman–Crippen MR) is 65.2 cm³/mol. The molecule has 4 heteroatoms. The van der Waals surface area contributed by atoms with Crippen molar-refractivity contribution in [1.29, 1.82) is 0 Å². The molecule has 0 fully saturated rings. The van der Waals surface area contributed by atoms with Crippen molar-refractivity contribution >= 4 is 0 Å². The van der Waals surface area contributed by atoms with Crippen LogP contribution in [0.5, 0.6) is 11.5 Å². The lowest BCUT2D eigenvalue weighted by Crippen LogP contribution is -2.05. The first-order valence-electron chi connectivity index (χ1n) is 5.60. The summed E-state index contributed by atoms with van der Waals surface area (Å²) in [5, 5.41) is 0. The number of imidazole rings is 1. The summed E-state index contributed by atoms with van der Waals surface area (Å²) in [5.74, 6) is 2.58. The fourth-order valence-corrected chi connectivity index (χ4v) is 1.59. The van der Waals surface area contributed by atoms with Crippen molar-refractivity contribution in [3.63, 3.8) is 0 Å². The van der Waals surface area contributed by atoms with Crippen LogP contribution in [0.15, 0.2) is 36.7 Å². The van der Waals surface area contributed by atoms with Crippen molar-refractivity contribution in [2.75, 3.05) is 7.11 Å². The van der Waals surface area contributed by atoms with E-state index in [0.29, 0.717) is 6.61 Å². The largest absolute Gasteiger partial charge is 0.497 e. The number of nitrogens with zero attached hydrogens (tertiary/aromatic N) is 2. The SMILES string of the molecule is CCn1ccnc1COc1ccc(OC)cc1. The number of hydrogen-bond donors (Lipinski definition) is 0. The van der Waals surface area contributed by atoms with Crippen molar-refractivity contribution in [2.45, 2.75) is 20.1 Å². The van der Waals surface area contributed by atoms with Crippen molar-refractivity contribution in [2.24, 2.45) is 0 Å². The highest BCUT2D eigenvalue weighted by Gasteiger charge is 2.02. The molecule has 0 saturated carbocycles. The van der Waals surface area contributed by atoms with Gasteiger partial charge >= 0.3 is 0 Å². The zero-order valence-electron chi connectivity index (χ0n) is 10.1. The van der Waals surface area contributed by atoms with Crippen LogP contribution < -0.4 is 9.47 Å². The van der Waals surface area contributed by atoms with Crippen LogP contribution in [0.1, 0.15) is 12.7 Å². The molecule has 90 valence electrons. The Morgan fingerprint density at radius 1 is 1.18 bits per heavy atom. The number of aromatic nitrogens is 2. The minimum atomic E-state index is 0.479. The summed E-state index contributed by atoms with van der Waals surface area (Å²) in [4.78, 5) is 4.25. The second-order valence-corrected chi connectivity index (χ2v) is 3.59. The maximum absolute atomic E-state index is 5.65. The fourth-order valence-electron chi connectivity index (χ4n) is 1.59. The monoisotopic (exact) mass is 232 g/mol. The summed E-state index contributed by atoms with van der Waals surface area (Å²) in [6.07, 6.45) is 3.74. The van der Waals surface area contributed by atoms with Crippen LogP contribution in [0.4, 0.5) is 0 Å². The standard InChI is InChI=1S/C13H16N2O2/c1-3-15-9-8-14-13(15)10-17-12-6-4-11(16-2)5-7-12/h4-9H,3,10H2,1-2H3. The van der Waals surface area contributed by atoms with Crippen LogP contribution in [0.2, 0.25) is 0 Å². The van der Waals surface area contributed by atoms with Gasteiger partial charge in [0, 0.05) is 18.9 Å². The van der Waals surface area contributed by atoms with Gasteiger partial charge in [-0.1, -0.05) is 0 Å². The lowest BCUT2D eigenvalue weighted by molar-refractivity contribution is 0.289. The fraction of sp³-hybridized carbons (Fsp3) is 0.308. The Balaban J connectivity index is 1.97. The quantitative estimate of drug-likeness (QED) is 0.794. The zero-order chi connectivity index (χ0) is 12.1. The summed E-state index contributed by atoms with van der Waals surface area (Å²) in [5.41, 5.74) is 0. The van der Waals surface area contributed by atoms with E-state index in [1.54, 1.807) is 13.3 Å². The summed E-state index contributed by atoms with van der Waals surface area (Å²) in [7, 11) is 1.65. The minimum Gasteiger partial charge on any atom is -0.497 e. The molecule has 0 amide bonds. The van der Waals surface area contributed by atoms with E-state index in [-0.39, 0.29) is 0 Å². The summed E-state index contributed by atoms with van der Waals surface area (Å²) >= 11 is 0. The highest BCUT2D eigenvalue weighted by Crippen LogP contribution is 2.17. The molecule has 1 aromatic carbocycles. The first-order valence-corrected chi connectivity index (χ1v) is 5.60. The van der Waals surface area contributed by atoms with Crippen molar-refractivity contribution < 1.29 is 9.47 Å². The van der Waals surface area contributed by atoms with Gasteiger partial charge in [-0.25, -0.2) is 4.98 Å². The number of benzene rings is 1. The number of methoxy groups -OCH3 is 1. The van der Waals surface area contributed by atoms with E-state index in [2.05, 4.69) is 16.5 Å². The van der Waals surface area contributed by atoms with Crippen LogP contribution in [-0.2, 0) is 13.2 Å². The summed E-state index contributed by atoms with van der Waals surface area (Å²) in [6, 6.07) is 7.53. The van der Waals surface area contributed by atoms with Crippen molar-refractivity contribution in [3.8, 4) is 11.5 Å². The molecule has 0 bridgehead atoms. The Morgan fingerprint density at radius 3 is 2.53 bits per heavy atom. The Hall–Kier alpha value is -1.97. The van der Waals surface area contributed by atoms with E-state index in [1.165, 1.54) is 0 Å². The molecule has 0 spiro atoms. The molecule has 1 heterocycles. The summed E-state index contributed by atoms with van der Waals surface area (Å²) < 4.78 is 12.8. The van der Waals surface area contributed by atoms with Gasteiger partial charge in [0.15, 0.2) is 0 Å². The van der Waals surface area contributed by atoms with Gasteiger partial charge in [-0.3, -0.25) is 0 Å². The predicted octanol–water partition coefficient (Wildman–Crippen LogP) is 2.49. The highest BCUT2D eigenvalue weighted by atomic mass is 16.5. The van der Waals surface area contributed by atoms with Gasteiger partial charge in [0.1, 0.15) is 23.9 Å². The topological polar surface area (TPSA) is 36.3 Å². The average molecular weight is 232 g/mol. The Morgan fingerprint density at radius 2 is 1.88 bits per heavy atom. The number of hydrogen-bond acceptors (Lipinski definition) is 3. The van der Waals surface area contributed by atoms with E-state index in [1.807, 2.05) is 30.5 Å². The molecule has 0 aliphatic carbocycles. The van der Waals surface area contributed by atoms with Gasteiger partial charge in [-0.2, -0.15) is 0 Å². The number of aryl methyl sites for hydroxylation is 1. The Bertz CT molecular complexity index is 463. The van der Waals surface area contributed by atoms with E-state index in [0.717, 1.165) is 23.9 Å². The summed E-state index contributed by atoms with van der Waals surface area (Å²) in [6.45, 7) is 3.47. The van der Waals surface area contributed by atoms with Crippen LogP contribution in [-0.4, -0.2) is 16.7 Å². The van der Waals surface area contributed by atoms with E-state index in [4.69, 9.17) is 9.47 Å². The molecule has 2 aromatic rings. The van der Waals surface area contributed by atoms with Crippen LogP contribution in [0, 0.1) is 0 Å². The molecule has 0 unspecified atom stereocenters. The molecule has 4 nitrogen and oxygen atoms in total. The average Bonchev–Trinajstić information content (AvgIpc) is 2.84. The van der Waals surface area contributed by atoms with Gasteiger partial charge in [0.05, 0.1) is 7.11 Å². The van der Waals surface area contributed by atoms with E-state index < -0.39 is 0 Å². The Labute approximate surface area is 101 Å². The first kappa shape index (κ1) is 11.5. The molecule has 17 heavy (non-hydrogen) atoms. The van der Waals surface area contributed by atoms with E-state index >= 15 is 0 Å². The molecular formula is C13H16N2O2. The molecule has 0 aliphatic heterocycles. The lowest BCUT2D eigenvalue weighted by atomic mass is 10.3. The Kier molecular flexibility index (Phi) is 3.65. The second kappa shape index (κ2) is 5.39. The van der Waals surface area contributed by atoms with Gasteiger partial charge in [-0.05, 0) is 31.2 Å². The van der Waals surface area contributed by atoms with Crippen molar-refractivity contribution in [1.82, 2.24) is 9.55 Å². The van der Waals surface area contributed by atoms with Crippen LogP contribution in [0.25, 0.3) is 0 Å². The third kappa shape index (κ3) is 2.78. The minimum absolute atomic E-state index is 0.479. The lowest BCUT2D eigenvalue weighted by Gasteiger charge is -2.08. The highest BCUT2D eigenvalue weighted by molar-refractivity contribution is 5.31. The number of ether oxygens (including phenoxy) is 2. The van der Waals surface area contributed by atoms with E-state index in [9.17, 15) is 0 Å². The third-order valence-electron chi connectivity index (χ3n) is 2.57. The molecule has 0 saturated heterocycles. The maximum Gasteiger partial charge on any atom is 0.146 e. The normalized spacial score (nSPS) is 10.2. The molecular weight excluding hydrogens is 216 g/mol. The first-order chi connectivity index (χ1) is 8.33. The molecule has 0 radical (unpaired) electrons. The zero-order valence-corrected chi connectivity index (χ0v) is 10.1. The second-order valence-electron chi connectivity index (χ2n) is 3.59. The van der Waals surface area contributed by atoms with Gasteiger partial charge in [0.25, 0.3) is 0 Å². The molecule has 2 rings (SSSR count). The smallest absolute Gasteiger partial charge is 0.146 e. The van der Waals surface area contributed by atoms with Gasteiger partial charge in [-0.15, -0.1) is 0 Å². The maximum atomic E-state index is 5.65. The van der Waals surface area contributed by atoms with Crippen LogP contribution in [0.3, 0.4) is 0 Å². The molecule has 0 aliphatic rings.